The van der Waals surface area contributed by atoms with Crippen molar-refractivity contribution in [3.8, 4) is 5.69 Å². The molecule has 0 fully saturated rings. The van der Waals surface area contributed by atoms with Gasteiger partial charge in [-0.25, -0.2) is 4.68 Å². The third kappa shape index (κ3) is 4.27. The number of hydrogen-bond donors (Lipinski definition) is 1. The van der Waals surface area contributed by atoms with Crippen LogP contribution in [0.15, 0.2) is 66.7 Å². The molecule has 0 unspecified atom stereocenters. The van der Waals surface area contributed by atoms with Crippen LogP contribution in [0.5, 0.6) is 0 Å². The first kappa shape index (κ1) is 20.6. The molecule has 0 spiro atoms. The Morgan fingerprint density at radius 3 is 2.33 bits per heavy atom. The van der Waals surface area contributed by atoms with Crippen LogP contribution in [0.25, 0.3) is 5.69 Å². The van der Waals surface area contributed by atoms with Crippen molar-refractivity contribution in [3.63, 3.8) is 0 Å². The summed E-state index contributed by atoms with van der Waals surface area (Å²) in [6.45, 7) is 12.0. The van der Waals surface area contributed by atoms with E-state index in [4.69, 9.17) is 5.10 Å². The molecule has 3 heteroatoms. The second-order valence-corrected chi connectivity index (χ2v) is 9.49. The second kappa shape index (κ2) is 8.23. The fourth-order valence-electron chi connectivity index (χ4n) is 4.45. The summed E-state index contributed by atoms with van der Waals surface area (Å²) in [5.41, 5.74) is 7.72. The predicted molar refractivity (Wildman–Crippen MR) is 125 cm³/mol. The van der Waals surface area contributed by atoms with Gasteiger partial charge in [-0.2, -0.15) is 5.10 Å². The van der Waals surface area contributed by atoms with Crippen LogP contribution in [-0.2, 0) is 12.0 Å². The lowest BCUT2D eigenvalue weighted by molar-refractivity contribution is 0.559. The van der Waals surface area contributed by atoms with Crippen molar-refractivity contribution in [2.24, 2.45) is 0 Å². The van der Waals surface area contributed by atoms with Gasteiger partial charge >= 0.3 is 0 Å². The van der Waals surface area contributed by atoms with Crippen LogP contribution >= 0.6 is 0 Å². The Balaban J connectivity index is 1.48. The summed E-state index contributed by atoms with van der Waals surface area (Å²) in [6.07, 6.45) is 5.76. The van der Waals surface area contributed by atoms with Crippen LogP contribution in [0, 0.1) is 13.8 Å². The molecule has 1 aliphatic carbocycles. The molecule has 156 valence electrons. The zero-order valence-electron chi connectivity index (χ0n) is 18.8. The summed E-state index contributed by atoms with van der Waals surface area (Å²) in [6, 6.07) is 19.8. The summed E-state index contributed by atoms with van der Waals surface area (Å²) in [7, 11) is 0. The molecule has 4 rings (SSSR count). The normalized spacial score (nSPS) is 18.8. The number of aryl methyl sites for hydroxylation is 1. The molecule has 0 saturated carbocycles. The lowest BCUT2D eigenvalue weighted by Crippen LogP contribution is -2.25. The van der Waals surface area contributed by atoms with Crippen molar-refractivity contribution in [2.75, 3.05) is 0 Å². The molecule has 0 amide bonds. The van der Waals surface area contributed by atoms with E-state index in [0.29, 0.717) is 12.0 Å². The highest BCUT2D eigenvalue weighted by Crippen LogP contribution is 2.34. The summed E-state index contributed by atoms with van der Waals surface area (Å²) in [5, 5.41) is 8.58. The van der Waals surface area contributed by atoms with E-state index in [0.717, 1.165) is 24.3 Å². The summed E-state index contributed by atoms with van der Waals surface area (Å²) < 4.78 is 2.11. The first-order valence-electron chi connectivity index (χ1n) is 11.0. The molecule has 3 nitrogen and oxygen atoms in total. The van der Waals surface area contributed by atoms with E-state index in [1.807, 2.05) is 0 Å². The van der Waals surface area contributed by atoms with Gasteiger partial charge in [0, 0.05) is 29.8 Å². The molecule has 1 N–H and O–H groups in total. The highest BCUT2D eigenvalue weighted by molar-refractivity contribution is 5.43. The van der Waals surface area contributed by atoms with E-state index >= 15 is 0 Å². The first-order valence-corrected chi connectivity index (χ1v) is 11.0. The molecule has 0 saturated heterocycles. The summed E-state index contributed by atoms with van der Waals surface area (Å²) >= 11 is 0. The number of benzene rings is 2. The molecule has 0 radical (unpaired) electrons. The molecule has 0 aliphatic heterocycles. The maximum Gasteiger partial charge on any atom is 0.0649 e. The number of nitrogens with zero attached hydrogens (tertiary/aromatic N) is 2. The van der Waals surface area contributed by atoms with Gasteiger partial charge in [0.05, 0.1) is 11.4 Å². The molecular formula is C27H33N3. The highest BCUT2D eigenvalue weighted by Gasteiger charge is 2.26. The van der Waals surface area contributed by atoms with Gasteiger partial charge in [0.25, 0.3) is 0 Å². The van der Waals surface area contributed by atoms with Gasteiger partial charge in [-0.1, -0.05) is 75.4 Å². The van der Waals surface area contributed by atoms with Crippen LogP contribution in [0.1, 0.15) is 61.2 Å². The molecular weight excluding hydrogens is 366 g/mol. The van der Waals surface area contributed by atoms with Crippen molar-refractivity contribution in [1.29, 1.82) is 0 Å². The van der Waals surface area contributed by atoms with Gasteiger partial charge < -0.3 is 5.32 Å². The van der Waals surface area contributed by atoms with Crippen molar-refractivity contribution >= 4 is 0 Å². The van der Waals surface area contributed by atoms with Crippen LogP contribution < -0.4 is 5.32 Å². The minimum absolute atomic E-state index is 0.162. The predicted octanol–water partition coefficient (Wildman–Crippen LogP) is 5.99. The first-order chi connectivity index (χ1) is 14.3. The molecule has 1 aromatic heterocycles. The van der Waals surface area contributed by atoms with E-state index < -0.39 is 0 Å². The number of hydrogen-bond acceptors (Lipinski definition) is 2. The van der Waals surface area contributed by atoms with E-state index in [-0.39, 0.29) is 5.41 Å². The molecule has 1 aliphatic rings. The zero-order valence-corrected chi connectivity index (χ0v) is 18.8. The number of nitrogens with one attached hydrogen (secondary N) is 1. The largest absolute Gasteiger partial charge is 0.306 e. The van der Waals surface area contributed by atoms with Gasteiger partial charge in [-0.15, -0.1) is 0 Å². The molecule has 2 aromatic carbocycles. The molecule has 1 heterocycles. The topological polar surface area (TPSA) is 29.9 Å². The quantitative estimate of drug-likeness (QED) is 0.534. The Morgan fingerprint density at radius 2 is 1.67 bits per heavy atom. The Morgan fingerprint density at radius 1 is 0.967 bits per heavy atom. The SMILES string of the molecule is Cc1nn(-c2ccc(C(C)(C)C)cc2)c(C)c1[C@H]1C=C[C@@H](NCc2ccccc2)C1. The smallest absolute Gasteiger partial charge is 0.0649 e. The number of allylic oxidation sites excluding steroid dienone is 1. The average molecular weight is 400 g/mol. The third-order valence-electron chi connectivity index (χ3n) is 6.19. The van der Waals surface area contributed by atoms with Crippen LogP contribution in [0.2, 0.25) is 0 Å². The molecule has 2 atom stereocenters. The van der Waals surface area contributed by atoms with Crippen LogP contribution in [0.3, 0.4) is 0 Å². The highest BCUT2D eigenvalue weighted by atomic mass is 15.3. The minimum Gasteiger partial charge on any atom is -0.306 e. The lowest BCUT2D eigenvalue weighted by Gasteiger charge is -2.19. The van der Waals surface area contributed by atoms with Gasteiger partial charge in [0.1, 0.15) is 0 Å². The fourth-order valence-corrected chi connectivity index (χ4v) is 4.45. The second-order valence-electron chi connectivity index (χ2n) is 9.49. The molecule has 30 heavy (non-hydrogen) atoms. The Hall–Kier alpha value is -2.65. The van der Waals surface area contributed by atoms with Crippen molar-refractivity contribution in [2.45, 2.75) is 65.0 Å². The summed E-state index contributed by atoms with van der Waals surface area (Å²) in [4.78, 5) is 0. The minimum atomic E-state index is 0.162. The third-order valence-corrected chi connectivity index (χ3v) is 6.19. The van der Waals surface area contributed by atoms with E-state index in [2.05, 4.69) is 111 Å². The molecule has 0 bridgehead atoms. The van der Waals surface area contributed by atoms with Crippen LogP contribution in [0.4, 0.5) is 0 Å². The zero-order chi connectivity index (χ0) is 21.3. The van der Waals surface area contributed by atoms with Gasteiger partial charge in [0.15, 0.2) is 0 Å². The average Bonchev–Trinajstić information content (AvgIpc) is 3.30. The van der Waals surface area contributed by atoms with Gasteiger partial charge in [0.2, 0.25) is 0 Å². The Kier molecular flexibility index (Phi) is 5.66. The van der Waals surface area contributed by atoms with Crippen molar-refractivity contribution in [3.05, 3.63) is 94.8 Å². The van der Waals surface area contributed by atoms with Gasteiger partial charge in [-0.05, 0) is 48.9 Å². The standard InChI is InChI=1S/C27H33N3/c1-19-26(22-11-14-24(17-22)28-18-21-9-7-6-8-10-21)20(2)30(29-19)25-15-12-23(13-16-25)27(3,4)5/h6-16,22,24,28H,17-18H2,1-5H3/t22-,24+/m0/s1. The van der Waals surface area contributed by atoms with E-state index in [1.54, 1.807) is 0 Å². The lowest BCUT2D eigenvalue weighted by atomic mass is 9.87. The Labute approximate surface area is 180 Å². The van der Waals surface area contributed by atoms with E-state index in [9.17, 15) is 0 Å². The van der Waals surface area contributed by atoms with E-state index in [1.165, 1.54) is 22.4 Å². The van der Waals surface area contributed by atoms with Crippen molar-refractivity contribution < 1.29 is 0 Å². The fraction of sp³-hybridized carbons (Fsp3) is 0.370. The Bertz CT molecular complexity index is 1020. The number of aromatic nitrogens is 2. The van der Waals surface area contributed by atoms with Crippen LogP contribution in [-0.4, -0.2) is 15.8 Å². The monoisotopic (exact) mass is 399 g/mol. The number of rotatable bonds is 5. The maximum absolute atomic E-state index is 4.90. The van der Waals surface area contributed by atoms with Gasteiger partial charge in [-0.3, -0.25) is 0 Å². The maximum atomic E-state index is 4.90. The summed E-state index contributed by atoms with van der Waals surface area (Å²) in [5.74, 6) is 0.417. The molecule has 3 aromatic rings. The van der Waals surface area contributed by atoms with Crippen molar-refractivity contribution in [1.82, 2.24) is 15.1 Å².